The average Bonchev–Trinajstić information content (AvgIpc) is 3.56. The summed E-state index contributed by atoms with van der Waals surface area (Å²) < 4.78 is 33.2. The summed E-state index contributed by atoms with van der Waals surface area (Å²) in [5.74, 6) is 0.293. The number of esters is 1. The first-order chi connectivity index (χ1) is 15.4. The minimum absolute atomic E-state index is 0.140. The number of rotatable bonds is 8. The molecule has 1 saturated carbocycles. The monoisotopic (exact) mass is 455 g/mol. The molecule has 0 atom stereocenters. The molecule has 1 heterocycles. The molecule has 1 fully saturated rings. The highest BCUT2D eigenvalue weighted by Gasteiger charge is 2.29. The number of anilines is 1. The molecule has 2 aromatic rings. The number of fused-ring (bicyclic) bond motifs is 1. The highest BCUT2D eigenvalue weighted by Crippen LogP contribution is 2.30. The van der Waals surface area contributed by atoms with Gasteiger partial charge in [0.05, 0.1) is 13.0 Å². The van der Waals surface area contributed by atoms with Crippen molar-refractivity contribution in [1.29, 1.82) is 0 Å². The van der Waals surface area contributed by atoms with Crippen LogP contribution < -0.4 is 5.32 Å². The highest BCUT2D eigenvalue weighted by atomic mass is 32.2. The maximum Gasteiger partial charge on any atom is 0.307 e. The minimum Gasteiger partial charge on any atom is -0.466 e. The Hall–Kier alpha value is -3.20. The largest absolute Gasteiger partial charge is 0.466 e. The number of hydrogen-bond acceptors (Lipinski definition) is 6. The van der Waals surface area contributed by atoms with Crippen LogP contribution in [0, 0.1) is 5.92 Å². The molecule has 1 amide bonds. The molecular weight excluding hydrogens is 430 g/mol. The van der Waals surface area contributed by atoms with Crippen LogP contribution in [0.25, 0.3) is 0 Å². The van der Waals surface area contributed by atoms with E-state index in [1.54, 1.807) is 54.3 Å². The fourth-order valence-electron chi connectivity index (χ4n) is 3.56. The van der Waals surface area contributed by atoms with E-state index in [2.05, 4.69) is 9.71 Å². The van der Waals surface area contributed by atoms with Gasteiger partial charge in [0.15, 0.2) is 5.84 Å². The van der Waals surface area contributed by atoms with Gasteiger partial charge in [0.2, 0.25) is 0 Å². The lowest BCUT2D eigenvalue weighted by molar-refractivity contribution is -0.143. The van der Waals surface area contributed by atoms with Gasteiger partial charge in [0.1, 0.15) is 4.90 Å². The van der Waals surface area contributed by atoms with Crippen molar-refractivity contribution in [3.63, 3.8) is 0 Å². The van der Waals surface area contributed by atoms with E-state index < -0.39 is 10.0 Å². The molecule has 2 aliphatic rings. The highest BCUT2D eigenvalue weighted by molar-refractivity contribution is 7.90. The lowest BCUT2D eigenvalue weighted by Crippen LogP contribution is -2.35. The Morgan fingerprint density at radius 2 is 1.84 bits per heavy atom. The average molecular weight is 456 g/mol. The molecule has 0 spiro atoms. The third-order valence-electron chi connectivity index (χ3n) is 5.38. The topological polar surface area (TPSA) is 105 Å². The van der Waals surface area contributed by atoms with Crippen molar-refractivity contribution in [2.75, 3.05) is 25.0 Å². The smallest absolute Gasteiger partial charge is 0.307 e. The van der Waals surface area contributed by atoms with Crippen molar-refractivity contribution in [3.8, 4) is 0 Å². The van der Waals surface area contributed by atoms with Gasteiger partial charge in [0, 0.05) is 29.9 Å². The minimum atomic E-state index is -3.70. The zero-order valence-corrected chi connectivity index (χ0v) is 18.6. The molecule has 9 heteroatoms. The molecule has 0 bridgehead atoms. The Balaban J connectivity index is 1.45. The summed E-state index contributed by atoms with van der Waals surface area (Å²) in [6.45, 7) is 3.02. The Morgan fingerprint density at radius 1 is 1.12 bits per heavy atom. The summed E-state index contributed by atoms with van der Waals surface area (Å²) in [5.41, 5.74) is 1.64. The van der Waals surface area contributed by atoms with E-state index in [9.17, 15) is 18.0 Å². The van der Waals surface area contributed by atoms with Gasteiger partial charge in [-0.05, 0) is 62.1 Å². The summed E-state index contributed by atoms with van der Waals surface area (Å²) in [5, 5.41) is 3.03. The molecule has 2 aromatic carbocycles. The SMILES string of the molecule is CCOC(=O)CCN(CC1CC1)C(=O)c1ccc(NC2=NS(=O)(=O)c3ccccc32)cc1. The molecule has 0 saturated heterocycles. The van der Waals surface area contributed by atoms with Crippen molar-refractivity contribution in [1.82, 2.24) is 4.90 Å². The van der Waals surface area contributed by atoms with E-state index in [0.717, 1.165) is 12.8 Å². The standard InChI is InChI=1S/C23H25N3O5S/c1-2-31-21(27)13-14-26(15-16-7-8-16)23(28)17-9-11-18(12-10-17)24-22-19-5-3-4-6-20(19)32(29,30)25-22/h3-6,9-12,16H,2,7-8,13-15H2,1H3,(H,24,25). The second-order valence-electron chi connectivity index (χ2n) is 7.86. The number of amidine groups is 1. The van der Waals surface area contributed by atoms with Gasteiger partial charge in [0.25, 0.3) is 15.9 Å². The quantitative estimate of drug-likeness (QED) is 0.614. The van der Waals surface area contributed by atoms with Gasteiger partial charge in [-0.3, -0.25) is 9.59 Å². The van der Waals surface area contributed by atoms with E-state index >= 15 is 0 Å². The molecule has 1 N–H and O–H groups in total. The van der Waals surface area contributed by atoms with Crippen LogP contribution in [0.4, 0.5) is 5.69 Å². The molecule has 1 aliphatic heterocycles. The van der Waals surface area contributed by atoms with Crippen molar-refractivity contribution < 1.29 is 22.7 Å². The zero-order chi connectivity index (χ0) is 22.7. The predicted octanol–water partition coefficient (Wildman–Crippen LogP) is 3.05. The van der Waals surface area contributed by atoms with Crippen LogP contribution in [-0.4, -0.2) is 50.7 Å². The molecule has 4 rings (SSSR count). The third kappa shape index (κ3) is 4.99. The normalized spacial score (nSPS) is 16.1. The van der Waals surface area contributed by atoms with E-state index in [1.807, 2.05) is 0 Å². The van der Waals surface area contributed by atoms with Gasteiger partial charge in [-0.1, -0.05) is 12.1 Å². The van der Waals surface area contributed by atoms with Crippen LogP contribution in [0.5, 0.6) is 0 Å². The molecule has 0 aromatic heterocycles. The summed E-state index contributed by atoms with van der Waals surface area (Å²) in [4.78, 5) is 26.6. The molecule has 32 heavy (non-hydrogen) atoms. The zero-order valence-electron chi connectivity index (χ0n) is 17.8. The Kier molecular flexibility index (Phi) is 6.27. The number of amides is 1. The van der Waals surface area contributed by atoms with E-state index in [1.165, 1.54) is 6.07 Å². The summed E-state index contributed by atoms with van der Waals surface area (Å²) >= 11 is 0. The van der Waals surface area contributed by atoms with Crippen molar-refractivity contribution in [3.05, 3.63) is 59.7 Å². The number of sulfonamides is 1. The van der Waals surface area contributed by atoms with E-state index in [4.69, 9.17) is 4.74 Å². The number of hydrogen-bond donors (Lipinski definition) is 1. The maximum absolute atomic E-state index is 13.0. The van der Waals surface area contributed by atoms with Gasteiger partial charge in [-0.15, -0.1) is 4.40 Å². The van der Waals surface area contributed by atoms with Crippen LogP contribution in [0.2, 0.25) is 0 Å². The fraction of sp³-hybridized carbons (Fsp3) is 0.348. The molecule has 0 unspecified atom stereocenters. The lowest BCUT2D eigenvalue weighted by atomic mass is 10.1. The first-order valence-electron chi connectivity index (χ1n) is 10.6. The van der Waals surface area contributed by atoms with Gasteiger partial charge in [-0.25, -0.2) is 0 Å². The molecule has 168 valence electrons. The summed E-state index contributed by atoms with van der Waals surface area (Å²) in [6, 6.07) is 13.4. The summed E-state index contributed by atoms with van der Waals surface area (Å²) in [6.07, 6.45) is 2.36. The van der Waals surface area contributed by atoms with Crippen molar-refractivity contribution >= 4 is 33.4 Å². The van der Waals surface area contributed by atoms with Crippen LogP contribution in [-0.2, 0) is 19.6 Å². The Bertz CT molecular complexity index is 1150. The first kappa shape index (κ1) is 22.0. The van der Waals surface area contributed by atoms with Crippen molar-refractivity contribution in [2.45, 2.75) is 31.1 Å². The van der Waals surface area contributed by atoms with Gasteiger partial charge >= 0.3 is 5.97 Å². The van der Waals surface area contributed by atoms with E-state index in [-0.39, 0.29) is 29.0 Å². The van der Waals surface area contributed by atoms with E-state index in [0.29, 0.717) is 42.4 Å². The number of nitrogens with one attached hydrogen (secondary N) is 1. The molecule has 1 aliphatic carbocycles. The maximum atomic E-state index is 13.0. The first-order valence-corrected chi connectivity index (χ1v) is 12.1. The number of nitrogens with zero attached hydrogens (tertiary/aromatic N) is 2. The Labute approximate surface area is 187 Å². The third-order valence-corrected chi connectivity index (χ3v) is 6.71. The predicted molar refractivity (Wildman–Crippen MR) is 120 cm³/mol. The fourth-order valence-corrected chi connectivity index (χ4v) is 4.73. The second kappa shape index (κ2) is 9.12. The summed E-state index contributed by atoms with van der Waals surface area (Å²) in [7, 11) is -3.70. The van der Waals surface area contributed by atoms with Gasteiger partial charge in [-0.2, -0.15) is 8.42 Å². The number of ether oxygens (including phenoxy) is 1. The van der Waals surface area contributed by atoms with Gasteiger partial charge < -0.3 is 15.0 Å². The number of carbonyl (C=O) groups is 2. The number of benzene rings is 2. The van der Waals surface area contributed by atoms with Crippen LogP contribution in [0.1, 0.15) is 42.1 Å². The molecular formula is C23H25N3O5S. The molecule has 8 nitrogen and oxygen atoms in total. The number of carbonyl (C=O) groups excluding carboxylic acids is 2. The Morgan fingerprint density at radius 3 is 2.53 bits per heavy atom. The van der Waals surface area contributed by atoms with Crippen LogP contribution in [0.3, 0.4) is 0 Å². The van der Waals surface area contributed by atoms with Crippen LogP contribution in [0.15, 0.2) is 57.8 Å². The lowest BCUT2D eigenvalue weighted by Gasteiger charge is -2.22. The second-order valence-corrected chi connectivity index (χ2v) is 9.44. The van der Waals surface area contributed by atoms with Crippen LogP contribution >= 0.6 is 0 Å². The molecule has 0 radical (unpaired) electrons. The van der Waals surface area contributed by atoms with Crippen molar-refractivity contribution in [2.24, 2.45) is 10.3 Å².